The van der Waals surface area contributed by atoms with Crippen LogP contribution in [0.15, 0.2) is 17.2 Å². The van der Waals surface area contributed by atoms with Gasteiger partial charge in [-0.1, -0.05) is 0 Å². The number of thioether (sulfide) groups is 1. The Balaban J connectivity index is 2.63. The van der Waals surface area contributed by atoms with Crippen LogP contribution in [0.25, 0.3) is 0 Å². The van der Waals surface area contributed by atoms with Gasteiger partial charge in [-0.2, -0.15) is 11.8 Å². The molecule has 0 amide bonds. The summed E-state index contributed by atoms with van der Waals surface area (Å²) in [5, 5.41) is 3.04. The Labute approximate surface area is 81.2 Å². The minimum absolute atomic E-state index is 0.171. The van der Waals surface area contributed by atoms with Crippen molar-refractivity contribution in [2.45, 2.75) is 13.0 Å². The SMILES string of the molecule is CSCC(C)Nc1ncc[nH]c1=O. The van der Waals surface area contributed by atoms with E-state index >= 15 is 0 Å². The quantitative estimate of drug-likeness (QED) is 0.757. The molecule has 4 nitrogen and oxygen atoms in total. The van der Waals surface area contributed by atoms with Crippen LogP contribution in [0.3, 0.4) is 0 Å². The van der Waals surface area contributed by atoms with E-state index in [4.69, 9.17) is 0 Å². The molecule has 2 N–H and O–H groups in total. The molecular weight excluding hydrogens is 186 g/mol. The normalized spacial score (nSPS) is 12.5. The van der Waals surface area contributed by atoms with Gasteiger partial charge in [-0.3, -0.25) is 4.79 Å². The summed E-state index contributed by atoms with van der Waals surface area (Å²) in [6, 6.07) is 0.256. The summed E-state index contributed by atoms with van der Waals surface area (Å²) in [7, 11) is 0. The number of hydrogen-bond acceptors (Lipinski definition) is 4. The van der Waals surface area contributed by atoms with E-state index in [-0.39, 0.29) is 11.6 Å². The van der Waals surface area contributed by atoms with Gasteiger partial charge in [0, 0.05) is 24.2 Å². The first kappa shape index (κ1) is 10.1. The van der Waals surface area contributed by atoms with Crippen LogP contribution in [0, 0.1) is 0 Å². The van der Waals surface area contributed by atoms with E-state index in [1.807, 2.05) is 13.2 Å². The molecule has 0 aliphatic heterocycles. The van der Waals surface area contributed by atoms with Crippen molar-refractivity contribution < 1.29 is 0 Å². The fraction of sp³-hybridized carbons (Fsp3) is 0.500. The molecule has 0 saturated heterocycles. The van der Waals surface area contributed by atoms with Crippen molar-refractivity contribution in [3.8, 4) is 0 Å². The molecule has 0 radical (unpaired) electrons. The van der Waals surface area contributed by atoms with Crippen LogP contribution >= 0.6 is 11.8 Å². The number of aromatic nitrogens is 2. The van der Waals surface area contributed by atoms with Gasteiger partial charge in [0.15, 0.2) is 5.82 Å². The van der Waals surface area contributed by atoms with Gasteiger partial charge in [-0.25, -0.2) is 4.98 Å². The van der Waals surface area contributed by atoms with E-state index in [0.29, 0.717) is 5.82 Å². The zero-order valence-corrected chi connectivity index (χ0v) is 8.52. The van der Waals surface area contributed by atoms with Gasteiger partial charge < -0.3 is 10.3 Å². The van der Waals surface area contributed by atoms with Gasteiger partial charge in [-0.05, 0) is 13.2 Å². The lowest BCUT2D eigenvalue weighted by Gasteiger charge is -2.11. The van der Waals surface area contributed by atoms with Crippen molar-refractivity contribution in [1.82, 2.24) is 9.97 Å². The monoisotopic (exact) mass is 199 g/mol. The van der Waals surface area contributed by atoms with Gasteiger partial charge in [0.2, 0.25) is 0 Å². The largest absolute Gasteiger partial charge is 0.362 e. The molecule has 0 spiro atoms. The van der Waals surface area contributed by atoms with Gasteiger partial charge in [0.1, 0.15) is 0 Å². The summed E-state index contributed by atoms with van der Waals surface area (Å²) in [4.78, 5) is 17.7. The molecule has 1 unspecified atom stereocenters. The van der Waals surface area contributed by atoms with Crippen molar-refractivity contribution in [3.63, 3.8) is 0 Å². The van der Waals surface area contributed by atoms with E-state index < -0.39 is 0 Å². The molecule has 0 bridgehead atoms. The van der Waals surface area contributed by atoms with Gasteiger partial charge in [0.05, 0.1) is 0 Å². The third-order valence-corrected chi connectivity index (χ3v) is 2.34. The van der Waals surface area contributed by atoms with E-state index in [0.717, 1.165) is 5.75 Å². The first-order valence-electron chi connectivity index (χ1n) is 4.03. The highest BCUT2D eigenvalue weighted by molar-refractivity contribution is 7.98. The van der Waals surface area contributed by atoms with Crippen molar-refractivity contribution in [1.29, 1.82) is 0 Å². The lowest BCUT2D eigenvalue weighted by atomic mass is 10.4. The van der Waals surface area contributed by atoms with Crippen molar-refractivity contribution >= 4 is 17.6 Å². The zero-order chi connectivity index (χ0) is 9.68. The van der Waals surface area contributed by atoms with Crippen molar-refractivity contribution in [2.24, 2.45) is 0 Å². The third-order valence-electron chi connectivity index (χ3n) is 1.51. The number of hydrogen-bond donors (Lipinski definition) is 2. The molecule has 0 aliphatic carbocycles. The fourth-order valence-corrected chi connectivity index (χ4v) is 1.56. The Morgan fingerprint density at radius 2 is 2.54 bits per heavy atom. The molecule has 0 saturated carbocycles. The molecule has 0 aromatic carbocycles. The Morgan fingerprint density at radius 1 is 1.77 bits per heavy atom. The van der Waals surface area contributed by atoms with Crippen LogP contribution in [-0.2, 0) is 0 Å². The number of anilines is 1. The summed E-state index contributed by atoms with van der Waals surface area (Å²) in [5.41, 5.74) is -0.171. The van der Waals surface area contributed by atoms with Crippen molar-refractivity contribution in [3.05, 3.63) is 22.7 Å². The van der Waals surface area contributed by atoms with Gasteiger partial charge in [0.25, 0.3) is 5.56 Å². The Bertz CT molecular complexity index is 312. The maximum Gasteiger partial charge on any atom is 0.290 e. The first-order valence-corrected chi connectivity index (χ1v) is 5.42. The number of rotatable bonds is 4. The van der Waals surface area contributed by atoms with Crippen molar-refractivity contribution in [2.75, 3.05) is 17.3 Å². The molecule has 72 valence electrons. The molecule has 13 heavy (non-hydrogen) atoms. The van der Waals surface area contributed by atoms with Crippen LogP contribution in [0.2, 0.25) is 0 Å². The number of H-pyrrole nitrogens is 1. The van der Waals surface area contributed by atoms with Gasteiger partial charge >= 0.3 is 0 Å². The summed E-state index contributed by atoms with van der Waals surface area (Å²) in [5.74, 6) is 1.35. The predicted molar refractivity (Wildman–Crippen MR) is 56.3 cm³/mol. The minimum Gasteiger partial charge on any atom is -0.362 e. The second kappa shape index (κ2) is 4.91. The average Bonchev–Trinajstić information content (AvgIpc) is 2.09. The maximum absolute atomic E-state index is 11.2. The molecule has 0 fully saturated rings. The number of nitrogens with one attached hydrogen (secondary N) is 2. The minimum atomic E-state index is -0.171. The van der Waals surface area contributed by atoms with Crippen LogP contribution in [0.1, 0.15) is 6.92 Å². The molecule has 1 atom stereocenters. The molecule has 1 heterocycles. The maximum atomic E-state index is 11.2. The van der Waals surface area contributed by atoms with Gasteiger partial charge in [-0.15, -0.1) is 0 Å². The lowest BCUT2D eigenvalue weighted by molar-refractivity contribution is 0.893. The highest BCUT2D eigenvalue weighted by Crippen LogP contribution is 2.01. The van der Waals surface area contributed by atoms with E-state index in [9.17, 15) is 4.79 Å². The molecule has 1 aromatic rings. The number of aromatic amines is 1. The summed E-state index contributed by atoms with van der Waals surface area (Å²) < 4.78 is 0. The van der Waals surface area contributed by atoms with E-state index in [1.54, 1.807) is 18.0 Å². The summed E-state index contributed by atoms with van der Waals surface area (Å²) in [6.45, 7) is 2.02. The molecule has 0 aliphatic rings. The topological polar surface area (TPSA) is 57.8 Å². The van der Waals surface area contributed by atoms with Crippen LogP contribution in [0.4, 0.5) is 5.82 Å². The highest BCUT2D eigenvalue weighted by atomic mass is 32.2. The average molecular weight is 199 g/mol. The zero-order valence-electron chi connectivity index (χ0n) is 7.70. The lowest BCUT2D eigenvalue weighted by Crippen LogP contribution is -2.24. The van der Waals surface area contributed by atoms with E-state index in [2.05, 4.69) is 15.3 Å². The standard InChI is InChI=1S/C8H13N3OS/c1-6(5-13-2)11-7-8(12)10-4-3-9-7/h3-4,6H,5H2,1-2H3,(H,9,11)(H,10,12). The fourth-order valence-electron chi connectivity index (χ4n) is 0.980. The Morgan fingerprint density at radius 3 is 3.15 bits per heavy atom. The molecular formula is C8H13N3OS. The Kier molecular flexibility index (Phi) is 3.82. The van der Waals surface area contributed by atoms with E-state index in [1.165, 1.54) is 6.20 Å². The summed E-state index contributed by atoms with van der Waals surface area (Å²) >= 11 is 1.73. The molecule has 1 aromatic heterocycles. The molecule has 1 rings (SSSR count). The van der Waals surface area contributed by atoms with Crippen LogP contribution < -0.4 is 10.9 Å². The Hall–Kier alpha value is -0.970. The third kappa shape index (κ3) is 3.10. The predicted octanol–water partition coefficient (Wildman–Crippen LogP) is 0.933. The second-order valence-corrected chi connectivity index (χ2v) is 3.68. The highest BCUT2D eigenvalue weighted by Gasteiger charge is 2.04. The number of nitrogens with zero attached hydrogens (tertiary/aromatic N) is 1. The first-order chi connectivity index (χ1) is 6.24. The van der Waals surface area contributed by atoms with Crippen LogP contribution in [0.5, 0.6) is 0 Å². The smallest absolute Gasteiger partial charge is 0.290 e. The summed E-state index contributed by atoms with van der Waals surface area (Å²) in [6.07, 6.45) is 5.11. The molecule has 5 heteroatoms. The second-order valence-electron chi connectivity index (χ2n) is 2.77. The van der Waals surface area contributed by atoms with Crippen LogP contribution in [-0.4, -0.2) is 28.0 Å².